The Labute approximate surface area is 153 Å². The second-order valence-corrected chi connectivity index (χ2v) is 5.95. The van der Waals surface area contributed by atoms with Crippen molar-refractivity contribution in [3.8, 4) is 11.3 Å². The quantitative estimate of drug-likeness (QED) is 0.599. The van der Waals surface area contributed by atoms with E-state index in [1.807, 2.05) is 19.1 Å². The second-order valence-electron chi connectivity index (χ2n) is 5.52. The molecule has 0 radical (unpaired) electrons. The smallest absolute Gasteiger partial charge is 0.275 e. The Morgan fingerprint density at radius 1 is 1.23 bits per heavy atom. The molecule has 0 aliphatic heterocycles. The van der Waals surface area contributed by atoms with Crippen LogP contribution in [0.4, 0.5) is 5.82 Å². The maximum Gasteiger partial charge on any atom is 0.275 e. The van der Waals surface area contributed by atoms with Crippen LogP contribution in [-0.2, 0) is 6.54 Å². The monoisotopic (exact) mass is 367 g/mol. The Bertz CT molecular complexity index is 1080. The molecule has 1 N–H and O–H groups in total. The first-order chi connectivity index (χ1) is 12.6. The molecule has 0 saturated heterocycles. The highest BCUT2D eigenvalue weighted by atomic mass is 35.5. The third kappa shape index (κ3) is 3.02. The van der Waals surface area contributed by atoms with Crippen LogP contribution in [0, 0.1) is 0 Å². The first-order valence-corrected chi connectivity index (χ1v) is 8.33. The minimum atomic E-state index is -0.348. The molecule has 8 nitrogen and oxygen atoms in total. The highest BCUT2D eigenvalue weighted by Gasteiger charge is 2.16. The topological polar surface area (TPSA) is 90.0 Å². The van der Waals surface area contributed by atoms with E-state index >= 15 is 0 Å². The van der Waals surface area contributed by atoms with E-state index in [1.165, 1.54) is 10.8 Å². The van der Waals surface area contributed by atoms with E-state index in [9.17, 15) is 4.79 Å². The number of fused-ring (bicyclic) bond motifs is 1. The number of hydrogen-bond donors (Lipinski definition) is 1. The fraction of sp³-hybridized carbons (Fsp3) is 0.118. The van der Waals surface area contributed by atoms with Gasteiger partial charge in [-0.2, -0.15) is 19.7 Å². The van der Waals surface area contributed by atoms with Gasteiger partial charge in [-0.25, -0.2) is 4.98 Å². The summed E-state index contributed by atoms with van der Waals surface area (Å²) in [5, 5.41) is 11.7. The van der Waals surface area contributed by atoms with Gasteiger partial charge in [0.25, 0.3) is 11.7 Å². The summed E-state index contributed by atoms with van der Waals surface area (Å²) in [5.41, 5.74) is 1.74. The van der Waals surface area contributed by atoms with Gasteiger partial charge in [-0.05, 0) is 25.1 Å². The molecule has 9 heteroatoms. The molecule has 0 unspecified atom stereocenters. The van der Waals surface area contributed by atoms with Crippen molar-refractivity contribution >= 4 is 29.1 Å². The van der Waals surface area contributed by atoms with Gasteiger partial charge in [0.05, 0.1) is 5.69 Å². The summed E-state index contributed by atoms with van der Waals surface area (Å²) in [7, 11) is 0. The number of aromatic nitrogens is 6. The highest BCUT2D eigenvalue weighted by molar-refractivity contribution is 6.30. The van der Waals surface area contributed by atoms with E-state index in [4.69, 9.17) is 11.6 Å². The molecule has 130 valence electrons. The highest BCUT2D eigenvalue weighted by Crippen LogP contribution is 2.21. The van der Waals surface area contributed by atoms with Gasteiger partial charge in [0.2, 0.25) is 0 Å². The molecule has 26 heavy (non-hydrogen) atoms. The number of benzene rings is 1. The molecule has 0 fully saturated rings. The van der Waals surface area contributed by atoms with Crippen LogP contribution in [0.25, 0.3) is 17.0 Å². The zero-order valence-corrected chi connectivity index (χ0v) is 14.6. The summed E-state index contributed by atoms with van der Waals surface area (Å²) in [6, 6.07) is 10.6. The fourth-order valence-electron chi connectivity index (χ4n) is 2.53. The predicted molar refractivity (Wildman–Crippen MR) is 97.1 cm³/mol. The van der Waals surface area contributed by atoms with E-state index in [-0.39, 0.29) is 5.91 Å². The molecule has 4 aromatic rings. The average molecular weight is 368 g/mol. The number of halogens is 1. The standard InChI is InChI=1S/C17H14ClN7O/c1-2-24-8-7-15(23-24)22-16(26)14-9-13(11-3-5-12(18)6-4-11)21-17-19-10-20-25(14)17/h3-10H,2H2,1H3,(H,22,23,26). The van der Waals surface area contributed by atoms with E-state index in [0.29, 0.717) is 28.0 Å². The molecule has 0 aliphatic rings. The minimum Gasteiger partial charge on any atom is -0.304 e. The summed E-state index contributed by atoms with van der Waals surface area (Å²) in [4.78, 5) is 21.3. The number of carbonyl (C=O) groups is 1. The van der Waals surface area contributed by atoms with Crippen LogP contribution in [0.15, 0.2) is 48.9 Å². The van der Waals surface area contributed by atoms with Crippen LogP contribution < -0.4 is 5.32 Å². The van der Waals surface area contributed by atoms with Crippen LogP contribution in [0.3, 0.4) is 0 Å². The van der Waals surface area contributed by atoms with E-state index in [2.05, 4.69) is 25.5 Å². The van der Waals surface area contributed by atoms with Crippen molar-refractivity contribution in [1.29, 1.82) is 0 Å². The van der Waals surface area contributed by atoms with Crippen molar-refractivity contribution in [3.05, 3.63) is 59.6 Å². The number of rotatable bonds is 4. The molecule has 1 aromatic carbocycles. The van der Waals surface area contributed by atoms with Gasteiger partial charge >= 0.3 is 0 Å². The summed E-state index contributed by atoms with van der Waals surface area (Å²) in [5.74, 6) is 0.455. The van der Waals surface area contributed by atoms with Gasteiger partial charge in [-0.1, -0.05) is 23.7 Å². The Balaban J connectivity index is 1.74. The fourth-order valence-corrected chi connectivity index (χ4v) is 2.65. The normalized spacial score (nSPS) is 11.0. The SMILES string of the molecule is CCn1ccc(NC(=O)c2cc(-c3ccc(Cl)cc3)nc3ncnn23)n1. The Hall–Kier alpha value is -3.26. The number of hydrogen-bond acceptors (Lipinski definition) is 5. The van der Waals surface area contributed by atoms with E-state index in [0.717, 1.165) is 12.1 Å². The van der Waals surface area contributed by atoms with Crippen molar-refractivity contribution in [2.75, 3.05) is 5.32 Å². The van der Waals surface area contributed by atoms with Crippen molar-refractivity contribution in [2.45, 2.75) is 13.5 Å². The van der Waals surface area contributed by atoms with Gasteiger partial charge in [-0.3, -0.25) is 9.48 Å². The maximum atomic E-state index is 12.8. The zero-order valence-electron chi connectivity index (χ0n) is 13.8. The van der Waals surface area contributed by atoms with Gasteiger partial charge in [0.1, 0.15) is 12.0 Å². The first kappa shape index (κ1) is 16.2. The molecule has 0 bridgehead atoms. The predicted octanol–water partition coefficient (Wildman–Crippen LogP) is 2.91. The minimum absolute atomic E-state index is 0.309. The number of carbonyl (C=O) groups excluding carboxylic acids is 1. The third-order valence-electron chi connectivity index (χ3n) is 3.83. The molecule has 4 rings (SSSR count). The van der Waals surface area contributed by atoms with Crippen LogP contribution in [0.5, 0.6) is 0 Å². The number of nitrogens with zero attached hydrogens (tertiary/aromatic N) is 6. The number of nitrogens with one attached hydrogen (secondary N) is 1. The molecule has 0 saturated carbocycles. The van der Waals surface area contributed by atoms with Crippen molar-refractivity contribution in [3.63, 3.8) is 0 Å². The lowest BCUT2D eigenvalue weighted by molar-refractivity contribution is 0.101. The summed E-state index contributed by atoms with van der Waals surface area (Å²) in [6.07, 6.45) is 3.16. The number of aryl methyl sites for hydroxylation is 1. The maximum absolute atomic E-state index is 12.8. The third-order valence-corrected chi connectivity index (χ3v) is 4.08. The van der Waals surface area contributed by atoms with Crippen molar-refractivity contribution in [2.24, 2.45) is 0 Å². The molecule has 0 spiro atoms. The van der Waals surface area contributed by atoms with Gasteiger partial charge in [0, 0.05) is 29.4 Å². The van der Waals surface area contributed by atoms with Gasteiger partial charge in [-0.15, -0.1) is 0 Å². The zero-order chi connectivity index (χ0) is 18.1. The van der Waals surface area contributed by atoms with Gasteiger partial charge < -0.3 is 5.32 Å². The molecule has 0 atom stereocenters. The van der Waals surface area contributed by atoms with E-state index in [1.54, 1.807) is 35.1 Å². The second kappa shape index (κ2) is 6.57. The van der Waals surface area contributed by atoms with Crippen LogP contribution in [0.1, 0.15) is 17.4 Å². The first-order valence-electron chi connectivity index (χ1n) is 7.95. The van der Waals surface area contributed by atoms with Crippen LogP contribution >= 0.6 is 11.6 Å². The Kier molecular flexibility index (Phi) is 4.10. The molecular formula is C17H14ClN7O. The molecule has 3 aromatic heterocycles. The molecule has 1 amide bonds. The Morgan fingerprint density at radius 3 is 2.77 bits per heavy atom. The van der Waals surface area contributed by atoms with Gasteiger partial charge in [0.15, 0.2) is 5.82 Å². The summed E-state index contributed by atoms with van der Waals surface area (Å²) in [6.45, 7) is 2.69. The Morgan fingerprint density at radius 2 is 2.04 bits per heavy atom. The molecule has 3 heterocycles. The molecular weight excluding hydrogens is 354 g/mol. The largest absolute Gasteiger partial charge is 0.304 e. The summed E-state index contributed by atoms with van der Waals surface area (Å²) < 4.78 is 3.12. The van der Waals surface area contributed by atoms with Crippen LogP contribution in [0.2, 0.25) is 5.02 Å². The average Bonchev–Trinajstić information content (AvgIpc) is 3.30. The lowest BCUT2D eigenvalue weighted by atomic mass is 10.1. The number of anilines is 1. The van der Waals surface area contributed by atoms with E-state index < -0.39 is 0 Å². The summed E-state index contributed by atoms with van der Waals surface area (Å²) >= 11 is 5.94. The van der Waals surface area contributed by atoms with Crippen molar-refractivity contribution < 1.29 is 4.79 Å². The van der Waals surface area contributed by atoms with Crippen molar-refractivity contribution in [1.82, 2.24) is 29.4 Å². The lowest BCUT2D eigenvalue weighted by Crippen LogP contribution is -2.18. The lowest BCUT2D eigenvalue weighted by Gasteiger charge is -2.07. The molecule has 0 aliphatic carbocycles. The van der Waals surface area contributed by atoms with Crippen LogP contribution in [-0.4, -0.2) is 35.3 Å². The number of amides is 1.